The number of nitrogens with one attached hydrogen (secondary N) is 1. The zero-order valence-corrected chi connectivity index (χ0v) is 19.1. The van der Waals surface area contributed by atoms with Crippen molar-refractivity contribution >= 4 is 29.0 Å². The van der Waals surface area contributed by atoms with Crippen LogP contribution in [-0.2, 0) is 6.54 Å². The summed E-state index contributed by atoms with van der Waals surface area (Å²) in [6, 6.07) is 14.9. The second kappa shape index (κ2) is 9.13. The van der Waals surface area contributed by atoms with E-state index in [1.54, 1.807) is 6.20 Å². The minimum atomic E-state index is 0.273. The molecule has 0 saturated carbocycles. The van der Waals surface area contributed by atoms with Crippen LogP contribution >= 0.6 is 0 Å². The lowest BCUT2D eigenvalue weighted by Crippen LogP contribution is -2.43. The van der Waals surface area contributed by atoms with Crippen molar-refractivity contribution in [3.8, 4) is 11.3 Å². The van der Waals surface area contributed by atoms with Crippen molar-refractivity contribution in [1.29, 1.82) is 0 Å². The van der Waals surface area contributed by atoms with Crippen molar-refractivity contribution < 1.29 is 0 Å². The van der Waals surface area contributed by atoms with Gasteiger partial charge in [-0.2, -0.15) is 5.10 Å². The molecule has 2 aromatic heterocycles. The highest BCUT2D eigenvalue weighted by Gasteiger charge is 2.14. The standard InChI is InChI=1S/C26H29N7/c1-18-15-22-24(30-31-25(22)16-21(18)23-9-10-28-26(27)29-23)8-7-19-3-5-20(6-4-19)17-33-13-11-32(2)12-14-33/h3-10,15-16H,11-14,17H2,1-2H3,(H,30,31)(H2,27,28,29). The molecule has 2 aromatic carbocycles. The highest BCUT2D eigenvalue weighted by Crippen LogP contribution is 2.28. The smallest absolute Gasteiger partial charge is 0.220 e. The third kappa shape index (κ3) is 4.79. The van der Waals surface area contributed by atoms with Gasteiger partial charge >= 0.3 is 0 Å². The molecule has 168 valence electrons. The number of anilines is 1. The van der Waals surface area contributed by atoms with E-state index in [1.165, 1.54) is 5.56 Å². The summed E-state index contributed by atoms with van der Waals surface area (Å²) in [5, 5.41) is 8.76. The molecule has 1 fully saturated rings. The van der Waals surface area contributed by atoms with Gasteiger partial charge in [0.25, 0.3) is 0 Å². The van der Waals surface area contributed by atoms with Crippen molar-refractivity contribution in [1.82, 2.24) is 30.0 Å². The number of nitrogen functional groups attached to an aromatic ring is 1. The third-order valence-corrected chi connectivity index (χ3v) is 6.30. The second-order valence-electron chi connectivity index (χ2n) is 8.78. The van der Waals surface area contributed by atoms with E-state index in [2.05, 4.69) is 92.5 Å². The molecular formula is C26H29N7. The normalized spacial score (nSPS) is 15.6. The maximum Gasteiger partial charge on any atom is 0.220 e. The first kappa shape index (κ1) is 21.3. The zero-order chi connectivity index (χ0) is 22.8. The first-order valence-corrected chi connectivity index (χ1v) is 11.3. The number of fused-ring (bicyclic) bond motifs is 1. The molecule has 0 radical (unpaired) electrons. The lowest BCUT2D eigenvalue weighted by atomic mass is 10.0. The molecule has 1 saturated heterocycles. The first-order chi connectivity index (χ1) is 16.0. The summed E-state index contributed by atoms with van der Waals surface area (Å²) < 4.78 is 0. The highest BCUT2D eigenvalue weighted by molar-refractivity contribution is 5.93. The largest absolute Gasteiger partial charge is 0.368 e. The van der Waals surface area contributed by atoms with E-state index >= 15 is 0 Å². The molecular weight excluding hydrogens is 410 g/mol. The number of aromatic amines is 1. The summed E-state index contributed by atoms with van der Waals surface area (Å²) in [5.74, 6) is 0.273. The Labute approximate surface area is 194 Å². The number of aryl methyl sites for hydroxylation is 1. The molecule has 4 aromatic rings. The fourth-order valence-corrected chi connectivity index (χ4v) is 4.29. The summed E-state index contributed by atoms with van der Waals surface area (Å²) in [7, 11) is 2.19. The van der Waals surface area contributed by atoms with Gasteiger partial charge in [-0.15, -0.1) is 0 Å². The lowest BCUT2D eigenvalue weighted by molar-refractivity contribution is 0.148. The summed E-state index contributed by atoms with van der Waals surface area (Å²) in [6.07, 6.45) is 5.86. The summed E-state index contributed by atoms with van der Waals surface area (Å²) >= 11 is 0. The number of likely N-dealkylation sites (N-methyl/N-ethyl adjacent to an activating group) is 1. The number of rotatable bonds is 5. The molecule has 3 N–H and O–H groups in total. The van der Waals surface area contributed by atoms with E-state index in [0.717, 1.165) is 71.7 Å². The molecule has 0 bridgehead atoms. The molecule has 1 aliphatic heterocycles. The number of benzene rings is 2. The molecule has 33 heavy (non-hydrogen) atoms. The van der Waals surface area contributed by atoms with E-state index in [-0.39, 0.29) is 5.95 Å². The molecule has 3 heterocycles. The first-order valence-electron chi connectivity index (χ1n) is 11.3. The lowest BCUT2D eigenvalue weighted by Gasteiger charge is -2.32. The van der Waals surface area contributed by atoms with E-state index in [1.807, 2.05) is 6.07 Å². The zero-order valence-electron chi connectivity index (χ0n) is 19.1. The maximum absolute atomic E-state index is 5.76. The van der Waals surface area contributed by atoms with Gasteiger partial charge in [-0.25, -0.2) is 9.97 Å². The number of hydrogen-bond acceptors (Lipinski definition) is 6. The summed E-state index contributed by atoms with van der Waals surface area (Å²) in [5.41, 5.74) is 13.1. The number of piperazine rings is 1. The average Bonchev–Trinajstić information content (AvgIpc) is 3.21. The molecule has 0 atom stereocenters. The van der Waals surface area contributed by atoms with Crippen LogP contribution in [0.5, 0.6) is 0 Å². The van der Waals surface area contributed by atoms with E-state index in [4.69, 9.17) is 5.73 Å². The Hall–Kier alpha value is -3.55. The van der Waals surface area contributed by atoms with Gasteiger partial charge in [0.2, 0.25) is 5.95 Å². The van der Waals surface area contributed by atoms with Crippen molar-refractivity contribution in [2.24, 2.45) is 0 Å². The van der Waals surface area contributed by atoms with Crippen LogP contribution in [0.3, 0.4) is 0 Å². The van der Waals surface area contributed by atoms with Gasteiger partial charge in [0.15, 0.2) is 0 Å². The van der Waals surface area contributed by atoms with Crippen LogP contribution in [0.1, 0.15) is 22.4 Å². The molecule has 0 spiro atoms. The monoisotopic (exact) mass is 439 g/mol. The van der Waals surface area contributed by atoms with Gasteiger partial charge < -0.3 is 10.6 Å². The van der Waals surface area contributed by atoms with Crippen LogP contribution in [0.25, 0.3) is 34.3 Å². The Morgan fingerprint density at radius 3 is 2.58 bits per heavy atom. The summed E-state index contributed by atoms with van der Waals surface area (Å²) in [6.45, 7) is 7.65. The fraction of sp³-hybridized carbons (Fsp3) is 0.269. The van der Waals surface area contributed by atoms with E-state index in [0.29, 0.717) is 0 Å². The Bertz CT molecular complexity index is 1280. The molecule has 0 unspecified atom stereocenters. The number of hydrogen-bond donors (Lipinski definition) is 2. The van der Waals surface area contributed by atoms with Gasteiger partial charge in [-0.05, 0) is 54.9 Å². The number of nitrogens with two attached hydrogens (primary N) is 1. The molecule has 1 aliphatic rings. The Balaban J connectivity index is 1.32. The molecule has 7 nitrogen and oxygen atoms in total. The van der Waals surface area contributed by atoms with Crippen LogP contribution in [-0.4, -0.2) is 63.2 Å². The molecule has 0 aliphatic carbocycles. The Morgan fingerprint density at radius 1 is 1.03 bits per heavy atom. The van der Waals surface area contributed by atoms with Gasteiger partial charge in [0.05, 0.1) is 16.9 Å². The molecule has 7 heteroatoms. The second-order valence-corrected chi connectivity index (χ2v) is 8.78. The van der Waals surface area contributed by atoms with Gasteiger partial charge in [0.1, 0.15) is 0 Å². The van der Waals surface area contributed by atoms with E-state index in [9.17, 15) is 0 Å². The van der Waals surface area contributed by atoms with Gasteiger partial charge in [-0.3, -0.25) is 10.00 Å². The van der Waals surface area contributed by atoms with Crippen LogP contribution in [0.15, 0.2) is 48.7 Å². The topological polar surface area (TPSA) is 87.0 Å². The van der Waals surface area contributed by atoms with Crippen molar-refractivity contribution in [3.05, 3.63) is 71.0 Å². The summed E-state index contributed by atoms with van der Waals surface area (Å²) in [4.78, 5) is 13.2. The van der Waals surface area contributed by atoms with Crippen LogP contribution < -0.4 is 5.73 Å². The van der Waals surface area contributed by atoms with Crippen molar-refractivity contribution in [3.63, 3.8) is 0 Å². The Kier molecular flexibility index (Phi) is 5.90. The van der Waals surface area contributed by atoms with Crippen LogP contribution in [0.2, 0.25) is 0 Å². The maximum atomic E-state index is 5.76. The van der Waals surface area contributed by atoms with Crippen molar-refractivity contribution in [2.45, 2.75) is 13.5 Å². The molecule has 0 amide bonds. The predicted octanol–water partition coefficient (Wildman–Crippen LogP) is 3.83. The van der Waals surface area contributed by atoms with Gasteiger partial charge in [0, 0.05) is 49.9 Å². The fourth-order valence-electron chi connectivity index (χ4n) is 4.29. The Morgan fingerprint density at radius 2 is 1.82 bits per heavy atom. The highest BCUT2D eigenvalue weighted by atomic mass is 15.2. The van der Waals surface area contributed by atoms with Crippen LogP contribution in [0, 0.1) is 6.92 Å². The quantitative estimate of drug-likeness (QED) is 0.492. The third-order valence-electron chi connectivity index (χ3n) is 6.30. The molecule has 5 rings (SSSR count). The van der Waals surface area contributed by atoms with Crippen molar-refractivity contribution in [2.75, 3.05) is 39.0 Å². The van der Waals surface area contributed by atoms with Crippen LogP contribution in [0.4, 0.5) is 5.95 Å². The number of H-pyrrole nitrogens is 1. The number of nitrogens with zero attached hydrogens (tertiary/aromatic N) is 5. The SMILES string of the molecule is Cc1cc2c(C=Cc3ccc(CN4CCN(C)CC4)cc3)n[nH]c2cc1-c1ccnc(N)n1. The average molecular weight is 440 g/mol. The minimum Gasteiger partial charge on any atom is -0.368 e. The number of aromatic nitrogens is 4. The minimum absolute atomic E-state index is 0.273. The van der Waals surface area contributed by atoms with E-state index < -0.39 is 0 Å². The van der Waals surface area contributed by atoms with Gasteiger partial charge in [-0.1, -0.05) is 30.3 Å². The predicted molar refractivity (Wildman–Crippen MR) is 134 cm³/mol.